The van der Waals surface area contributed by atoms with Crippen LogP contribution in [0.1, 0.15) is 50.8 Å². The molecule has 0 radical (unpaired) electrons. The number of hydrogen-bond acceptors (Lipinski definition) is 2. The van der Waals surface area contributed by atoms with E-state index in [0.29, 0.717) is 11.8 Å². The Morgan fingerprint density at radius 3 is 2.08 bits per heavy atom. The molecule has 0 saturated heterocycles. The van der Waals surface area contributed by atoms with Crippen molar-refractivity contribution in [2.24, 2.45) is 0 Å². The van der Waals surface area contributed by atoms with E-state index in [1.54, 1.807) is 0 Å². The monoisotopic (exact) mass is 180 g/mol. The summed E-state index contributed by atoms with van der Waals surface area (Å²) >= 11 is 0. The number of hydrogen-bond donors (Lipinski definition) is 1. The Balaban J connectivity index is 0.00000144. The van der Waals surface area contributed by atoms with Gasteiger partial charge in [0.2, 0.25) is 0 Å². The minimum atomic E-state index is 0. The Bertz CT molecular complexity index is 227. The quantitative estimate of drug-likeness (QED) is 0.757. The zero-order chi connectivity index (χ0) is 9.14. The first-order valence-corrected chi connectivity index (χ1v) is 4.57. The summed E-state index contributed by atoms with van der Waals surface area (Å²) in [6.45, 7) is 8.80. The second kappa shape index (κ2) is 4.97. The van der Waals surface area contributed by atoms with E-state index in [2.05, 4.69) is 38.7 Å². The summed E-state index contributed by atoms with van der Waals surface area (Å²) in [5.74, 6) is 1.11. The molecule has 0 aliphatic rings. The molecule has 2 nitrogen and oxygen atoms in total. The van der Waals surface area contributed by atoms with Crippen LogP contribution in [-0.2, 0) is 0 Å². The molecule has 0 unspecified atom stereocenters. The van der Waals surface area contributed by atoms with Crippen molar-refractivity contribution in [3.63, 3.8) is 0 Å². The zero-order valence-electron chi connectivity index (χ0n) is 9.04. The SMILES string of the molecule is CC(C)c1cccnc1C(C)C.N. The minimum absolute atomic E-state index is 0. The Hall–Kier alpha value is -0.890. The molecular weight excluding hydrogens is 160 g/mol. The number of aromatic nitrogens is 1. The van der Waals surface area contributed by atoms with Crippen molar-refractivity contribution in [3.8, 4) is 0 Å². The van der Waals surface area contributed by atoms with E-state index >= 15 is 0 Å². The molecule has 1 rings (SSSR count). The van der Waals surface area contributed by atoms with E-state index in [1.165, 1.54) is 11.3 Å². The van der Waals surface area contributed by atoms with Gasteiger partial charge in [-0.15, -0.1) is 0 Å². The van der Waals surface area contributed by atoms with Crippen LogP contribution in [-0.4, -0.2) is 4.98 Å². The fraction of sp³-hybridized carbons (Fsp3) is 0.545. The Morgan fingerprint density at radius 1 is 1.08 bits per heavy atom. The lowest BCUT2D eigenvalue weighted by Crippen LogP contribution is -2.00. The fourth-order valence-electron chi connectivity index (χ4n) is 1.40. The van der Waals surface area contributed by atoms with Gasteiger partial charge in [-0.2, -0.15) is 0 Å². The van der Waals surface area contributed by atoms with Gasteiger partial charge in [0.15, 0.2) is 0 Å². The van der Waals surface area contributed by atoms with Gasteiger partial charge in [0.05, 0.1) is 0 Å². The van der Waals surface area contributed by atoms with Crippen LogP contribution in [0.4, 0.5) is 0 Å². The van der Waals surface area contributed by atoms with E-state index in [9.17, 15) is 0 Å². The highest BCUT2D eigenvalue weighted by Crippen LogP contribution is 2.23. The zero-order valence-corrected chi connectivity index (χ0v) is 9.04. The van der Waals surface area contributed by atoms with Crippen LogP contribution < -0.4 is 6.15 Å². The second-order valence-electron chi connectivity index (χ2n) is 3.79. The molecule has 1 heterocycles. The Kier molecular flexibility index (Phi) is 4.63. The second-order valence-corrected chi connectivity index (χ2v) is 3.79. The molecule has 1 aromatic rings. The van der Waals surface area contributed by atoms with Crippen LogP contribution in [0.25, 0.3) is 0 Å². The van der Waals surface area contributed by atoms with E-state index in [1.807, 2.05) is 12.3 Å². The highest BCUT2D eigenvalue weighted by atomic mass is 14.7. The van der Waals surface area contributed by atoms with Gasteiger partial charge in [-0.25, -0.2) is 0 Å². The molecule has 0 bridgehead atoms. The van der Waals surface area contributed by atoms with Crippen molar-refractivity contribution < 1.29 is 0 Å². The molecule has 0 aliphatic carbocycles. The molecule has 1 aromatic heterocycles. The molecule has 13 heavy (non-hydrogen) atoms. The maximum absolute atomic E-state index is 4.40. The molecule has 3 N–H and O–H groups in total. The van der Waals surface area contributed by atoms with E-state index in [4.69, 9.17) is 0 Å². The lowest BCUT2D eigenvalue weighted by atomic mass is 9.96. The van der Waals surface area contributed by atoms with Gasteiger partial charge in [0, 0.05) is 11.9 Å². The first-order chi connectivity index (χ1) is 5.63. The van der Waals surface area contributed by atoms with Crippen molar-refractivity contribution in [1.82, 2.24) is 11.1 Å². The molecule has 2 heteroatoms. The van der Waals surface area contributed by atoms with E-state index < -0.39 is 0 Å². The van der Waals surface area contributed by atoms with Gasteiger partial charge in [-0.05, 0) is 23.5 Å². The average Bonchev–Trinajstić information content (AvgIpc) is 2.04. The molecule has 0 aromatic carbocycles. The van der Waals surface area contributed by atoms with Crippen molar-refractivity contribution in [3.05, 3.63) is 29.6 Å². The maximum Gasteiger partial charge on any atom is 0.0463 e. The molecule has 0 aliphatic heterocycles. The predicted octanol–water partition coefficient (Wildman–Crippen LogP) is 3.49. The molecule has 0 saturated carbocycles. The van der Waals surface area contributed by atoms with E-state index in [0.717, 1.165) is 0 Å². The summed E-state index contributed by atoms with van der Waals surface area (Å²) in [5, 5.41) is 0. The standard InChI is InChI=1S/C11H17N.H3N/c1-8(2)10-6-5-7-12-11(10)9(3)4;/h5-9H,1-4H3;1H3. The third kappa shape index (κ3) is 2.81. The number of rotatable bonds is 2. The van der Waals surface area contributed by atoms with Crippen LogP contribution in [0.2, 0.25) is 0 Å². The summed E-state index contributed by atoms with van der Waals surface area (Å²) in [4.78, 5) is 4.40. The van der Waals surface area contributed by atoms with Crippen LogP contribution in [0.3, 0.4) is 0 Å². The van der Waals surface area contributed by atoms with Crippen molar-refractivity contribution in [2.75, 3.05) is 0 Å². The van der Waals surface area contributed by atoms with Crippen LogP contribution >= 0.6 is 0 Å². The predicted molar refractivity (Wildman–Crippen MR) is 57.4 cm³/mol. The molecule has 0 fully saturated rings. The van der Waals surface area contributed by atoms with Crippen LogP contribution in [0.15, 0.2) is 18.3 Å². The first-order valence-electron chi connectivity index (χ1n) is 4.57. The van der Waals surface area contributed by atoms with Gasteiger partial charge in [0.25, 0.3) is 0 Å². The van der Waals surface area contributed by atoms with Gasteiger partial charge in [0.1, 0.15) is 0 Å². The smallest absolute Gasteiger partial charge is 0.0463 e. The summed E-state index contributed by atoms with van der Waals surface area (Å²) < 4.78 is 0. The average molecular weight is 180 g/mol. The van der Waals surface area contributed by atoms with Crippen molar-refractivity contribution in [1.29, 1.82) is 0 Å². The minimum Gasteiger partial charge on any atom is -0.344 e. The summed E-state index contributed by atoms with van der Waals surface area (Å²) in [7, 11) is 0. The lowest BCUT2D eigenvalue weighted by Gasteiger charge is -2.13. The summed E-state index contributed by atoms with van der Waals surface area (Å²) in [6.07, 6.45) is 1.88. The lowest BCUT2D eigenvalue weighted by molar-refractivity contribution is 0.757. The first kappa shape index (κ1) is 12.1. The largest absolute Gasteiger partial charge is 0.344 e. The normalized spacial score (nSPS) is 10.3. The van der Waals surface area contributed by atoms with Crippen molar-refractivity contribution >= 4 is 0 Å². The highest BCUT2D eigenvalue weighted by Gasteiger charge is 2.09. The number of nitrogens with zero attached hydrogens (tertiary/aromatic N) is 1. The maximum atomic E-state index is 4.40. The Morgan fingerprint density at radius 2 is 1.69 bits per heavy atom. The molecular formula is C11H20N2. The molecule has 0 spiro atoms. The topological polar surface area (TPSA) is 47.9 Å². The van der Waals surface area contributed by atoms with Crippen molar-refractivity contribution in [2.45, 2.75) is 39.5 Å². The summed E-state index contributed by atoms with van der Waals surface area (Å²) in [5.41, 5.74) is 2.63. The third-order valence-electron chi connectivity index (χ3n) is 2.04. The molecule has 74 valence electrons. The van der Waals surface area contributed by atoms with Gasteiger partial charge in [-0.3, -0.25) is 4.98 Å². The van der Waals surface area contributed by atoms with Gasteiger partial charge >= 0.3 is 0 Å². The van der Waals surface area contributed by atoms with Gasteiger partial charge < -0.3 is 6.15 Å². The third-order valence-corrected chi connectivity index (χ3v) is 2.04. The summed E-state index contributed by atoms with van der Waals surface area (Å²) in [6, 6.07) is 4.19. The fourth-order valence-corrected chi connectivity index (χ4v) is 1.40. The number of pyridine rings is 1. The highest BCUT2D eigenvalue weighted by molar-refractivity contribution is 5.25. The van der Waals surface area contributed by atoms with Gasteiger partial charge in [-0.1, -0.05) is 33.8 Å². The Labute approximate surface area is 81.0 Å². The van der Waals surface area contributed by atoms with E-state index in [-0.39, 0.29) is 6.15 Å². The van der Waals surface area contributed by atoms with Crippen LogP contribution in [0, 0.1) is 0 Å². The molecule has 0 amide bonds. The molecule has 0 atom stereocenters. The van der Waals surface area contributed by atoms with Crippen LogP contribution in [0.5, 0.6) is 0 Å².